The highest BCUT2D eigenvalue weighted by Gasteiger charge is 2.34. The molecular formula is C20H18F2N2O4. The molecule has 28 heavy (non-hydrogen) atoms. The monoisotopic (exact) mass is 388 g/mol. The molecule has 146 valence electrons. The fourth-order valence-electron chi connectivity index (χ4n) is 3.70. The summed E-state index contributed by atoms with van der Waals surface area (Å²) in [5, 5.41) is 13.8. The number of hydrogen-bond donors (Lipinski definition) is 3. The number of aromatic nitrogens is 1. The fraction of sp³-hybridized carbons (Fsp3) is 0.250. The molecule has 2 heterocycles. The smallest absolute Gasteiger partial charge is 0.387 e. The number of aromatic hydroxyl groups is 1. The van der Waals surface area contributed by atoms with Crippen molar-refractivity contribution in [2.45, 2.75) is 25.1 Å². The van der Waals surface area contributed by atoms with Crippen molar-refractivity contribution in [2.75, 3.05) is 7.11 Å². The van der Waals surface area contributed by atoms with Crippen molar-refractivity contribution in [1.29, 1.82) is 0 Å². The van der Waals surface area contributed by atoms with Gasteiger partial charge in [-0.1, -0.05) is 12.1 Å². The van der Waals surface area contributed by atoms with Crippen LogP contribution in [0.15, 0.2) is 42.5 Å². The van der Waals surface area contributed by atoms with E-state index in [0.717, 1.165) is 22.3 Å². The number of fused-ring (bicyclic) bond motifs is 3. The van der Waals surface area contributed by atoms with Crippen LogP contribution in [0.4, 0.5) is 8.78 Å². The number of carbonyl (C=O) groups excluding carboxylic acids is 1. The van der Waals surface area contributed by atoms with E-state index in [1.807, 2.05) is 6.07 Å². The number of esters is 1. The van der Waals surface area contributed by atoms with Crippen LogP contribution in [-0.2, 0) is 16.0 Å². The normalized spacial score (nSPS) is 18.9. The van der Waals surface area contributed by atoms with Crippen LogP contribution in [0.5, 0.6) is 11.5 Å². The van der Waals surface area contributed by atoms with Gasteiger partial charge in [0.1, 0.15) is 17.5 Å². The number of benzene rings is 2. The van der Waals surface area contributed by atoms with Crippen molar-refractivity contribution >= 4 is 16.9 Å². The van der Waals surface area contributed by atoms with E-state index in [9.17, 15) is 18.7 Å². The SMILES string of the molecule is COC(=O)C1Cc2c([nH]c3ccc(OC(F)F)cc23)C(c2cccc(O)c2)N1. The molecule has 3 N–H and O–H groups in total. The first-order valence-electron chi connectivity index (χ1n) is 8.68. The largest absolute Gasteiger partial charge is 0.508 e. The van der Waals surface area contributed by atoms with Gasteiger partial charge in [0.25, 0.3) is 0 Å². The van der Waals surface area contributed by atoms with Gasteiger partial charge in [-0.25, -0.2) is 0 Å². The van der Waals surface area contributed by atoms with Gasteiger partial charge in [-0.2, -0.15) is 8.78 Å². The van der Waals surface area contributed by atoms with Crippen molar-refractivity contribution in [3.05, 3.63) is 59.3 Å². The molecule has 0 amide bonds. The Bertz CT molecular complexity index is 1030. The van der Waals surface area contributed by atoms with Crippen molar-refractivity contribution in [2.24, 2.45) is 0 Å². The van der Waals surface area contributed by atoms with Crippen LogP contribution >= 0.6 is 0 Å². The minimum absolute atomic E-state index is 0.0476. The highest BCUT2D eigenvalue weighted by atomic mass is 19.3. The summed E-state index contributed by atoms with van der Waals surface area (Å²) in [6.45, 7) is -2.92. The number of H-pyrrole nitrogens is 1. The molecule has 2 atom stereocenters. The maximum Gasteiger partial charge on any atom is 0.387 e. The zero-order chi connectivity index (χ0) is 19.8. The maximum atomic E-state index is 12.6. The lowest BCUT2D eigenvalue weighted by molar-refractivity contribution is -0.143. The topological polar surface area (TPSA) is 83.6 Å². The lowest BCUT2D eigenvalue weighted by Crippen LogP contribution is -2.45. The van der Waals surface area contributed by atoms with E-state index >= 15 is 0 Å². The number of halogens is 2. The van der Waals surface area contributed by atoms with Gasteiger partial charge in [-0.3, -0.25) is 10.1 Å². The lowest BCUT2D eigenvalue weighted by Gasteiger charge is -2.30. The molecule has 6 nitrogen and oxygen atoms in total. The molecule has 2 aromatic carbocycles. The summed E-state index contributed by atoms with van der Waals surface area (Å²) >= 11 is 0. The number of hydrogen-bond acceptors (Lipinski definition) is 5. The summed E-state index contributed by atoms with van der Waals surface area (Å²) in [4.78, 5) is 15.5. The average molecular weight is 388 g/mol. The number of nitrogens with one attached hydrogen (secondary N) is 2. The van der Waals surface area contributed by atoms with E-state index in [4.69, 9.17) is 4.74 Å². The van der Waals surface area contributed by atoms with Gasteiger partial charge in [0.2, 0.25) is 0 Å². The van der Waals surface area contributed by atoms with Gasteiger partial charge >= 0.3 is 12.6 Å². The highest BCUT2D eigenvalue weighted by molar-refractivity contribution is 5.88. The molecule has 2 unspecified atom stereocenters. The molecule has 0 saturated heterocycles. The molecule has 0 fully saturated rings. The Labute approximate surface area is 159 Å². The average Bonchev–Trinajstić information content (AvgIpc) is 3.04. The van der Waals surface area contributed by atoms with Crippen LogP contribution in [0, 0.1) is 0 Å². The molecule has 1 aliphatic rings. The number of methoxy groups -OCH3 is 1. The molecule has 0 aliphatic carbocycles. The van der Waals surface area contributed by atoms with Crippen LogP contribution in [0.1, 0.15) is 22.9 Å². The molecule has 3 aromatic rings. The molecule has 1 aliphatic heterocycles. The molecule has 0 saturated carbocycles. The van der Waals surface area contributed by atoms with Crippen molar-refractivity contribution < 1.29 is 28.2 Å². The first kappa shape index (κ1) is 18.2. The van der Waals surface area contributed by atoms with Crippen LogP contribution < -0.4 is 10.1 Å². The number of alkyl halides is 2. The second kappa shape index (κ2) is 7.12. The second-order valence-corrected chi connectivity index (χ2v) is 6.58. The van der Waals surface area contributed by atoms with E-state index in [2.05, 4.69) is 15.0 Å². The summed E-state index contributed by atoms with van der Waals surface area (Å²) in [5.74, 6) is -0.277. The fourth-order valence-corrected chi connectivity index (χ4v) is 3.70. The van der Waals surface area contributed by atoms with E-state index in [1.165, 1.54) is 19.2 Å². The summed E-state index contributed by atoms with van der Waals surface area (Å²) in [7, 11) is 1.31. The molecule has 1 aromatic heterocycles. The highest BCUT2D eigenvalue weighted by Crippen LogP contribution is 2.37. The van der Waals surface area contributed by atoms with Gasteiger partial charge in [0.05, 0.1) is 13.2 Å². The Morgan fingerprint density at radius 3 is 2.79 bits per heavy atom. The third kappa shape index (κ3) is 3.27. The number of phenolic OH excluding ortho intramolecular Hbond substituents is 1. The molecule has 0 radical (unpaired) electrons. The number of carbonyl (C=O) groups is 1. The van der Waals surface area contributed by atoms with Crippen molar-refractivity contribution in [3.8, 4) is 11.5 Å². The first-order chi connectivity index (χ1) is 13.5. The van der Waals surface area contributed by atoms with Gasteiger partial charge in [0.15, 0.2) is 0 Å². The van der Waals surface area contributed by atoms with E-state index in [1.54, 1.807) is 24.3 Å². The molecular weight excluding hydrogens is 370 g/mol. The summed E-state index contributed by atoms with van der Waals surface area (Å²) in [6, 6.07) is 10.3. The molecule has 4 rings (SSSR count). The van der Waals surface area contributed by atoms with Crippen LogP contribution in [0.25, 0.3) is 10.9 Å². The third-order valence-electron chi connectivity index (χ3n) is 4.89. The lowest BCUT2D eigenvalue weighted by atomic mass is 9.90. The standard InChI is InChI=1S/C20H18F2N2O4/c1-27-19(26)16-9-14-13-8-12(28-20(21)22)5-6-15(13)23-18(14)17(24-16)10-3-2-4-11(25)7-10/h2-8,16-17,20,23-25H,9H2,1H3. The minimum Gasteiger partial charge on any atom is -0.508 e. The Morgan fingerprint density at radius 2 is 2.07 bits per heavy atom. The van der Waals surface area contributed by atoms with E-state index in [0.29, 0.717) is 11.8 Å². The Hall–Kier alpha value is -3.13. The Kier molecular flexibility index (Phi) is 4.64. The molecule has 0 spiro atoms. The Balaban J connectivity index is 1.85. The predicted octanol–water partition coefficient (Wildman–Crippen LogP) is 3.25. The van der Waals surface area contributed by atoms with Gasteiger partial charge in [0, 0.05) is 23.0 Å². The third-order valence-corrected chi connectivity index (χ3v) is 4.89. The number of phenols is 1. The van der Waals surface area contributed by atoms with Gasteiger partial charge < -0.3 is 19.6 Å². The van der Waals surface area contributed by atoms with E-state index < -0.39 is 24.7 Å². The number of aromatic amines is 1. The predicted molar refractivity (Wildman–Crippen MR) is 97.5 cm³/mol. The Morgan fingerprint density at radius 1 is 1.25 bits per heavy atom. The number of ether oxygens (including phenoxy) is 2. The quantitative estimate of drug-likeness (QED) is 0.598. The zero-order valence-corrected chi connectivity index (χ0v) is 14.9. The van der Waals surface area contributed by atoms with Gasteiger partial charge in [-0.05, 0) is 41.5 Å². The molecule has 0 bridgehead atoms. The zero-order valence-electron chi connectivity index (χ0n) is 14.9. The van der Waals surface area contributed by atoms with Crippen LogP contribution in [-0.4, -0.2) is 35.8 Å². The van der Waals surface area contributed by atoms with Crippen LogP contribution in [0.2, 0.25) is 0 Å². The minimum atomic E-state index is -2.92. The van der Waals surface area contributed by atoms with E-state index in [-0.39, 0.29) is 11.5 Å². The first-order valence-corrected chi connectivity index (χ1v) is 8.68. The molecule has 8 heteroatoms. The van der Waals surface area contributed by atoms with Crippen molar-refractivity contribution in [3.63, 3.8) is 0 Å². The summed E-state index contributed by atoms with van der Waals surface area (Å²) in [6.07, 6.45) is 0.329. The maximum absolute atomic E-state index is 12.6. The summed E-state index contributed by atoms with van der Waals surface area (Å²) < 4.78 is 34.6. The summed E-state index contributed by atoms with van der Waals surface area (Å²) in [5.41, 5.74) is 3.11. The number of rotatable bonds is 4. The van der Waals surface area contributed by atoms with Gasteiger partial charge in [-0.15, -0.1) is 0 Å². The van der Waals surface area contributed by atoms with Crippen molar-refractivity contribution in [1.82, 2.24) is 10.3 Å². The second-order valence-electron chi connectivity index (χ2n) is 6.58. The van der Waals surface area contributed by atoms with Crippen LogP contribution in [0.3, 0.4) is 0 Å².